The summed E-state index contributed by atoms with van der Waals surface area (Å²) < 4.78 is 13.7. The number of nitrogens with zero attached hydrogens (tertiary/aromatic N) is 5. The van der Waals surface area contributed by atoms with E-state index in [1.165, 1.54) is 6.33 Å². The molecule has 170 valence electrons. The predicted molar refractivity (Wildman–Crippen MR) is 125 cm³/mol. The molecule has 0 radical (unpaired) electrons. The van der Waals surface area contributed by atoms with Crippen molar-refractivity contribution in [1.29, 1.82) is 0 Å². The lowest BCUT2D eigenvalue weighted by Crippen LogP contribution is -2.24. The van der Waals surface area contributed by atoms with Gasteiger partial charge in [0.2, 0.25) is 5.88 Å². The SMILES string of the molecule is CNC(=O)COc1ccc(-c2nc3c(OC4(C)CC4)ncnc3n2Cc2cncs2)c(Cl)c1. The van der Waals surface area contributed by atoms with Gasteiger partial charge in [-0.25, -0.2) is 9.97 Å². The molecule has 1 fully saturated rings. The second-order valence-electron chi connectivity index (χ2n) is 8.00. The van der Waals surface area contributed by atoms with E-state index in [1.54, 1.807) is 36.0 Å². The summed E-state index contributed by atoms with van der Waals surface area (Å²) in [6.07, 6.45) is 5.28. The number of rotatable bonds is 8. The first-order valence-electron chi connectivity index (χ1n) is 10.4. The Bertz CT molecular complexity index is 1320. The first kappa shape index (κ1) is 21.6. The van der Waals surface area contributed by atoms with Crippen molar-refractivity contribution in [2.24, 2.45) is 0 Å². The van der Waals surface area contributed by atoms with Gasteiger partial charge in [-0.3, -0.25) is 9.78 Å². The van der Waals surface area contributed by atoms with Crippen LogP contribution in [0.1, 0.15) is 24.6 Å². The van der Waals surface area contributed by atoms with Gasteiger partial charge in [-0.2, -0.15) is 4.98 Å². The van der Waals surface area contributed by atoms with Crippen LogP contribution in [0, 0.1) is 0 Å². The number of likely N-dealkylation sites (N-methyl/N-ethyl adjacent to an activating group) is 1. The Hall–Kier alpha value is -3.24. The Morgan fingerprint density at radius 3 is 2.88 bits per heavy atom. The lowest BCUT2D eigenvalue weighted by atomic mass is 10.2. The van der Waals surface area contributed by atoms with Gasteiger partial charge >= 0.3 is 0 Å². The molecule has 0 unspecified atom stereocenters. The molecule has 0 bridgehead atoms. The van der Waals surface area contributed by atoms with Crippen LogP contribution in [0.4, 0.5) is 0 Å². The summed E-state index contributed by atoms with van der Waals surface area (Å²) in [6.45, 7) is 2.49. The zero-order valence-corrected chi connectivity index (χ0v) is 19.6. The number of benzene rings is 1. The predicted octanol–water partition coefficient (Wildman–Crippen LogP) is 3.71. The molecule has 1 aromatic carbocycles. The van der Waals surface area contributed by atoms with Gasteiger partial charge < -0.3 is 19.4 Å². The van der Waals surface area contributed by atoms with Gasteiger partial charge in [0.05, 0.1) is 17.1 Å². The number of nitrogens with one attached hydrogen (secondary N) is 1. The van der Waals surface area contributed by atoms with E-state index in [0.717, 1.165) is 17.7 Å². The summed E-state index contributed by atoms with van der Waals surface area (Å²) in [5.41, 5.74) is 3.53. The van der Waals surface area contributed by atoms with Gasteiger partial charge in [0.25, 0.3) is 5.91 Å². The number of ether oxygens (including phenoxy) is 2. The Balaban J connectivity index is 1.57. The Kier molecular flexibility index (Phi) is 5.63. The van der Waals surface area contributed by atoms with Crippen LogP contribution in [0.25, 0.3) is 22.6 Å². The summed E-state index contributed by atoms with van der Waals surface area (Å²) in [4.78, 5) is 30.4. The second kappa shape index (κ2) is 8.60. The number of fused-ring (bicyclic) bond motifs is 1. The number of amides is 1. The fraction of sp³-hybridized carbons (Fsp3) is 0.318. The lowest BCUT2D eigenvalue weighted by molar-refractivity contribution is -0.122. The largest absolute Gasteiger partial charge is 0.484 e. The maximum Gasteiger partial charge on any atom is 0.257 e. The summed E-state index contributed by atoms with van der Waals surface area (Å²) in [7, 11) is 1.56. The fourth-order valence-electron chi connectivity index (χ4n) is 3.32. The average Bonchev–Trinajstić information content (AvgIpc) is 3.18. The van der Waals surface area contributed by atoms with Crippen LogP contribution in [0.2, 0.25) is 5.02 Å². The Labute approximate surface area is 198 Å². The highest BCUT2D eigenvalue weighted by atomic mass is 35.5. The van der Waals surface area contributed by atoms with Crippen LogP contribution < -0.4 is 14.8 Å². The number of halogens is 1. The van der Waals surface area contributed by atoms with Crippen LogP contribution in [0.3, 0.4) is 0 Å². The number of hydrogen-bond acceptors (Lipinski definition) is 8. The van der Waals surface area contributed by atoms with Crippen molar-refractivity contribution in [2.45, 2.75) is 31.9 Å². The van der Waals surface area contributed by atoms with Crippen LogP contribution in [0.15, 0.2) is 36.2 Å². The number of thiazole rings is 1. The van der Waals surface area contributed by atoms with Crippen molar-refractivity contribution in [2.75, 3.05) is 13.7 Å². The molecule has 1 saturated carbocycles. The first-order valence-corrected chi connectivity index (χ1v) is 11.6. The highest BCUT2D eigenvalue weighted by molar-refractivity contribution is 7.09. The van der Waals surface area contributed by atoms with E-state index in [0.29, 0.717) is 45.7 Å². The molecule has 1 aliphatic carbocycles. The minimum absolute atomic E-state index is 0.0921. The first-order chi connectivity index (χ1) is 16.0. The van der Waals surface area contributed by atoms with E-state index in [2.05, 4.69) is 27.2 Å². The number of carbonyl (C=O) groups is 1. The average molecular weight is 485 g/mol. The van der Waals surface area contributed by atoms with Crippen LogP contribution in [-0.4, -0.2) is 49.7 Å². The third-order valence-corrected chi connectivity index (χ3v) is 6.50. The smallest absolute Gasteiger partial charge is 0.257 e. The van der Waals surface area contributed by atoms with Crippen molar-refractivity contribution < 1.29 is 14.3 Å². The number of imidazole rings is 1. The van der Waals surface area contributed by atoms with E-state index in [4.69, 9.17) is 26.1 Å². The Morgan fingerprint density at radius 2 is 2.18 bits per heavy atom. The summed E-state index contributed by atoms with van der Waals surface area (Å²) in [6, 6.07) is 5.25. The van der Waals surface area contributed by atoms with Crippen molar-refractivity contribution >= 4 is 40.0 Å². The number of hydrogen-bond donors (Lipinski definition) is 1. The topological polar surface area (TPSA) is 104 Å². The van der Waals surface area contributed by atoms with E-state index in [9.17, 15) is 4.79 Å². The minimum atomic E-state index is -0.225. The van der Waals surface area contributed by atoms with Crippen molar-refractivity contribution in [3.05, 3.63) is 46.1 Å². The minimum Gasteiger partial charge on any atom is -0.484 e. The molecule has 9 nitrogen and oxygen atoms in total. The summed E-state index contributed by atoms with van der Waals surface area (Å²) >= 11 is 8.19. The molecular weight excluding hydrogens is 464 g/mol. The molecule has 0 spiro atoms. The van der Waals surface area contributed by atoms with Crippen LogP contribution in [-0.2, 0) is 11.3 Å². The number of aromatic nitrogens is 5. The molecule has 1 amide bonds. The monoisotopic (exact) mass is 484 g/mol. The van der Waals surface area contributed by atoms with Crippen molar-refractivity contribution in [3.8, 4) is 23.0 Å². The standard InChI is InChI=1S/C22H21ClN6O3S/c1-22(5-6-22)32-21-18-20(26-11-27-21)29(9-14-8-25-12-33-14)19(28-18)15-4-3-13(7-16(15)23)31-10-17(30)24-2/h3-4,7-8,11-12H,5-6,9-10H2,1-2H3,(H,24,30). The molecule has 0 aliphatic heterocycles. The van der Waals surface area contributed by atoms with Gasteiger partial charge in [0.1, 0.15) is 23.5 Å². The molecule has 3 heterocycles. The van der Waals surface area contributed by atoms with Crippen molar-refractivity contribution in [1.82, 2.24) is 29.8 Å². The van der Waals surface area contributed by atoms with Gasteiger partial charge in [-0.15, -0.1) is 11.3 Å². The zero-order chi connectivity index (χ0) is 23.0. The van der Waals surface area contributed by atoms with Gasteiger partial charge in [0.15, 0.2) is 17.8 Å². The van der Waals surface area contributed by atoms with Gasteiger partial charge in [-0.05, 0) is 38.0 Å². The molecule has 4 aromatic rings. The third kappa shape index (κ3) is 4.49. The Morgan fingerprint density at radius 1 is 1.33 bits per heavy atom. The van der Waals surface area contributed by atoms with Gasteiger partial charge in [0, 0.05) is 23.7 Å². The van der Waals surface area contributed by atoms with E-state index in [1.807, 2.05) is 16.8 Å². The van der Waals surface area contributed by atoms with E-state index < -0.39 is 0 Å². The molecule has 5 rings (SSSR count). The molecule has 1 aliphatic rings. The quantitative estimate of drug-likeness (QED) is 0.406. The van der Waals surface area contributed by atoms with E-state index in [-0.39, 0.29) is 18.1 Å². The highest BCUT2D eigenvalue weighted by Crippen LogP contribution is 2.41. The van der Waals surface area contributed by atoms with Gasteiger partial charge in [-0.1, -0.05) is 11.6 Å². The van der Waals surface area contributed by atoms with Crippen molar-refractivity contribution in [3.63, 3.8) is 0 Å². The second-order valence-corrected chi connectivity index (χ2v) is 9.37. The lowest BCUT2D eigenvalue weighted by Gasteiger charge is -2.11. The molecule has 33 heavy (non-hydrogen) atoms. The zero-order valence-electron chi connectivity index (χ0n) is 18.0. The summed E-state index contributed by atoms with van der Waals surface area (Å²) in [5, 5.41) is 2.96. The molecule has 11 heteroatoms. The summed E-state index contributed by atoms with van der Waals surface area (Å²) in [5.74, 6) is 1.36. The fourth-order valence-corrected chi connectivity index (χ4v) is 4.16. The molecule has 0 atom stereocenters. The van der Waals surface area contributed by atoms with Crippen LogP contribution in [0.5, 0.6) is 11.6 Å². The molecule has 1 N–H and O–H groups in total. The van der Waals surface area contributed by atoms with E-state index >= 15 is 0 Å². The number of carbonyl (C=O) groups excluding carboxylic acids is 1. The maximum atomic E-state index is 11.5. The maximum absolute atomic E-state index is 11.5. The normalized spacial score (nSPS) is 14.3. The molecule has 3 aromatic heterocycles. The highest BCUT2D eigenvalue weighted by Gasteiger charge is 2.41. The molecular formula is C22H21ClN6O3S. The van der Waals surface area contributed by atoms with Crippen LogP contribution >= 0.6 is 22.9 Å². The third-order valence-electron chi connectivity index (χ3n) is 5.42. The molecule has 0 saturated heterocycles.